The number of fused-ring (bicyclic) bond motifs is 2. The third kappa shape index (κ3) is 4.34. The first-order valence-electron chi connectivity index (χ1n) is 11.3. The van der Waals surface area contributed by atoms with Gasteiger partial charge in [-0.1, -0.05) is 20.8 Å². The molecular formula is C26H32N4O3S. The predicted molar refractivity (Wildman–Crippen MR) is 141 cm³/mol. The number of methoxy groups -OCH3 is 1. The van der Waals surface area contributed by atoms with E-state index in [1.54, 1.807) is 18.7 Å². The van der Waals surface area contributed by atoms with Crippen LogP contribution in [0, 0.1) is 12.3 Å². The van der Waals surface area contributed by atoms with E-state index in [1.807, 2.05) is 52.0 Å². The maximum atomic E-state index is 12.6. The number of anilines is 3. The van der Waals surface area contributed by atoms with Gasteiger partial charge in [0.25, 0.3) is 5.56 Å². The third-order valence-electron chi connectivity index (χ3n) is 6.25. The summed E-state index contributed by atoms with van der Waals surface area (Å²) in [5.74, 6) is 0.684. The molecule has 2 aromatic carbocycles. The number of aromatic nitrogens is 1. The summed E-state index contributed by atoms with van der Waals surface area (Å²) in [7, 11) is 5.52. The van der Waals surface area contributed by atoms with Gasteiger partial charge in [0.2, 0.25) is 5.91 Å². The zero-order chi connectivity index (χ0) is 24.8. The van der Waals surface area contributed by atoms with Gasteiger partial charge in [-0.2, -0.15) is 0 Å². The maximum Gasteiger partial charge on any atom is 0.253 e. The Balaban J connectivity index is 1.84. The minimum Gasteiger partial charge on any atom is -0.497 e. The van der Waals surface area contributed by atoms with Crippen LogP contribution >= 0.6 is 11.9 Å². The first-order chi connectivity index (χ1) is 16.0. The highest BCUT2D eigenvalue weighted by atomic mass is 32.2. The van der Waals surface area contributed by atoms with Gasteiger partial charge in [-0.15, -0.1) is 0 Å². The number of likely N-dealkylation sites (N-methyl/N-ethyl adjacent to an activating group) is 1. The van der Waals surface area contributed by atoms with E-state index >= 15 is 0 Å². The van der Waals surface area contributed by atoms with Crippen molar-refractivity contribution in [3.63, 3.8) is 0 Å². The molecule has 3 aromatic rings. The van der Waals surface area contributed by atoms with Gasteiger partial charge >= 0.3 is 0 Å². The normalized spacial score (nSPS) is 13.7. The molecule has 2 heterocycles. The van der Waals surface area contributed by atoms with Crippen molar-refractivity contribution in [1.82, 2.24) is 9.29 Å². The van der Waals surface area contributed by atoms with Gasteiger partial charge in [-0.05, 0) is 43.1 Å². The van der Waals surface area contributed by atoms with Crippen molar-refractivity contribution in [3.05, 3.63) is 52.3 Å². The number of nitrogens with zero attached hydrogens (tertiary/aromatic N) is 3. The molecule has 7 nitrogen and oxygen atoms in total. The van der Waals surface area contributed by atoms with E-state index in [0.717, 1.165) is 46.0 Å². The SMILES string of the molecule is COc1cc(N2CCN(C)c3ccc(SNC(=O)C(C)(C)C)cc32)c2cc(C)c(=O)n(C)c2c1. The highest BCUT2D eigenvalue weighted by molar-refractivity contribution is 7.98. The van der Waals surface area contributed by atoms with Crippen molar-refractivity contribution in [2.45, 2.75) is 32.6 Å². The second kappa shape index (κ2) is 8.91. The minimum atomic E-state index is -0.458. The lowest BCUT2D eigenvalue weighted by atomic mass is 9.96. The molecule has 1 aliphatic rings. The van der Waals surface area contributed by atoms with Gasteiger partial charge < -0.3 is 19.1 Å². The van der Waals surface area contributed by atoms with E-state index in [-0.39, 0.29) is 11.5 Å². The number of hydrogen-bond acceptors (Lipinski definition) is 6. The summed E-state index contributed by atoms with van der Waals surface area (Å²) in [6.07, 6.45) is 0. The molecule has 180 valence electrons. The average Bonchev–Trinajstić information content (AvgIpc) is 2.80. The molecule has 1 N–H and O–H groups in total. The van der Waals surface area contributed by atoms with E-state index in [9.17, 15) is 9.59 Å². The van der Waals surface area contributed by atoms with E-state index in [2.05, 4.69) is 33.7 Å². The van der Waals surface area contributed by atoms with Gasteiger partial charge in [-0.3, -0.25) is 14.3 Å². The summed E-state index contributed by atoms with van der Waals surface area (Å²) >= 11 is 1.33. The van der Waals surface area contributed by atoms with Crippen molar-refractivity contribution < 1.29 is 9.53 Å². The topological polar surface area (TPSA) is 66.8 Å². The zero-order valence-electron chi connectivity index (χ0n) is 20.9. The molecule has 0 radical (unpaired) electrons. The van der Waals surface area contributed by atoms with Crippen LogP contribution in [0.25, 0.3) is 10.9 Å². The molecule has 0 aliphatic carbocycles. The summed E-state index contributed by atoms with van der Waals surface area (Å²) in [5.41, 5.74) is 4.20. The smallest absolute Gasteiger partial charge is 0.253 e. The standard InChI is InChI=1S/C26H32N4O3S/c1-16-12-19-21(29(6)24(16)31)13-17(33-7)14-22(19)30-11-10-28(5)20-9-8-18(15-23(20)30)34-27-25(32)26(2,3)4/h8-9,12-15H,10-11H2,1-7H3,(H,27,32). The lowest BCUT2D eigenvalue weighted by Crippen LogP contribution is -2.36. The fraction of sp³-hybridized carbons (Fsp3) is 0.385. The van der Waals surface area contributed by atoms with Gasteiger partial charge in [0.1, 0.15) is 5.75 Å². The Kier molecular flexibility index (Phi) is 6.29. The highest BCUT2D eigenvalue weighted by Gasteiger charge is 2.26. The number of hydrogen-bond donors (Lipinski definition) is 1. The number of benzene rings is 2. The van der Waals surface area contributed by atoms with Crippen molar-refractivity contribution in [3.8, 4) is 5.75 Å². The number of aryl methyl sites for hydroxylation is 2. The van der Waals surface area contributed by atoms with E-state index < -0.39 is 5.41 Å². The van der Waals surface area contributed by atoms with Crippen molar-refractivity contribution >= 4 is 45.8 Å². The molecule has 34 heavy (non-hydrogen) atoms. The second-order valence-corrected chi connectivity index (χ2v) is 10.7. The number of carbonyl (C=O) groups is 1. The van der Waals surface area contributed by atoms with Gasteiger partial charge in [0.05, 0.1) is 29.7 Å². The molecule has 0 saturated carbocycles. The summed E-state index contributed by atoms with van der Waals surface area (Å²) in [5, 5.41) is 0.995. The molecule has 4 rings (SSSR count). The molecule has 1 aliphatic heterocycles. The first kappa shape index (κ1) is 24.0. The molecule has 0 saturated heterocycles. The van der Waals surface area contributed by atoms with Crippen LogP contribution in [0.2, 0.25) is 0 Å². The molecule has 1 aromatic heterocycles. The number of nitrogens with one attached hydrogen (secondary N) is 1. The zero-order valence-corrected chi connectivity index (χ0v) is 21.7. The van der Waals surface area contributed by atoms with Crippen LogP contribution in [-0.2, 0) is 11.8 Å². The molecule has 1 amide bonds. The predicted octanol–water partition coefficient (Wildman–Crippen LogP) is 4.61. The van der Waals surface area contributed by atoms with Crippen LogP contribution in [0.15, 0.2) is 46.1 Å². The van der Waals surface area contributed by atoms with Crippen molar-refractivity contribution in [1.29, 1.82) is 0 Å². The van der Waals surface area contributed by atoms with Crippen LogP contribution in [0.4, 0.5) is 17.1 Å². The monoisotopic (exact) mass is 480 g/mol. The number of pyridine rings is 1. The second-order valence-electron chi connectivity index (χ2n) is 9.78. The van der Waals surface area contributed by atoms with E-state index in [1.165, 1.54) is 11.9 Å². The summed E-state index contributed by atoms with van der Waals surface area (Å²) in [6, 6.07) is 12.1. The quantitative estimate of drug-likeness (QED) is 0.550. The van der Waals surface area contributed by atoms with Gasteiger partial charge in [0, 0.05) is 60.6 Å². The Morgan fingerprint density at radius 3 is 2.44 bits per heavy atom. The molecule has 0 fully saturated rings. The molecule has 8 heteroatoms. The largest absolute Gasteiger partial charge is 0.497 e. The van der Waals surface area contributed by atoms with Crippen LogP contribution in [-0.4, -0.2) is 37.7 Å². The lowest BCUT2D eigenvalue weighted by molar-refractivity contribution is -0.126. The number of carbonyl (C=O) groups excluding carboxylic acids is 1. The minimum absolute atomic E-state index is 0.0145. The van der Waals surface area contributed by atoms with Crippen LogP contribution in [0.1, 0.15) is 26.3 Å². The van der Waals surface area contributed by atoms with Gasteiger partial charge in [0.15, 0.2) is 0 Å². The van der Waals surface area contributed by atoms with Crippen LogP contribution < -0.4 is 24.8 Å². The molecule has 0 unspecified atom stereocenters. The Bertz CT molecular complexity index is 1330. The highest BCUT2D eigenvalue weighted by Crippen LogP contribution is 2.43. The molecule has 0 bridgehead atoms. The third-order valence-corrected chi connectivity index (χ3v) is 7.03. The molecule has 0 atom stereocenters. The van der Waals surface area contributed by atoms with E-state index in [4.69, 9.17) is 4.74 Å². The van der Waals surface area contributed by atoms with Gasteiger partial charge in [-0.25, -0.2) is 0 Å². The van der Waals surface area contributed by atoms with Crippen molar-refractivity contribution in [2.24, 2.45) is 12.5 Å². The van der Waals surface area contributed by atoms with Crippen LogP contribution in [0.3, 0.4) is 0 Å². The lowest BCUT2D eigenvalue weighted by Gasteiger charge is -2.38. The maximum absolute atomic E-state index is 12.6. The van der Waals surface area contributed by atoms with Crippen molar-refractivity contribution in [2.75, 3.05) is 37.0 Å². The Labute approximate surface area is 204 Å². The average molecular weight is 481 g/mol. The number of amides is 1. The summed E-state index contributed by atoms with van der Waals surface area (Å²) in [4.78, 5) is 30.5. The summed E-state index contributed by atoms with van der Waals surface area (Å²) in [6.45, 7) is 9.17. The fourth-order valence-electron chi connectivity index (χ4n) is 4.12. The Hall–Kier alpha value is -3.13. The fourth-order valence-corrected chi connectivity index (χ4v) is 4.95. The Morgan fingerprint density at radius 2 is 1.76 bits per heavy atom. The number of ether oxygens (including phenoxy) is 1. The molecular weight excluding hydrogens is 448 g/mol. The van der Waals surface area contributed by atoms with Crippen LogP contribution in [0.5, 0.6) is 5.75 Å². The molecule has 0 spiro atoms. The number of rotatable bonds is 4. The first-order valence-corrected chi connectivity index (χ1v) is 12.1. The Morgan fingerprint density at radius 1 is 1.03 bits per heavy atom. The summed E-state index contributed by atoms with van der Waals surface area (Å²) < 4.78 is 10.3. The van der Waals surface area contributed by atoms with E-state index in [0.29, 0.717) is 11.3 Å².